The molecule has 1 aliphatic rings. The molecule has 0 aliphatic carbocycles. The number of rotatable bonds is 3. The third-order valence-corrected chi connectivity index (χ3v) is 3.23. The molecule has 24 heavy (non-hydrogen) atoms. The lowest BCUT2D eigenvalue weighted by Gasteiger charge is -2.26. The Morgan fingerprint density at radius 1 is 1.42 bits per heavy atom. The van der Waals surface area contributed by atoms with E-state index in [9.17, 15) is 14.0 Å². The number of carboxylic acids is 1. The molecule has 1 atom stereocenters. The van der Waals surface area contributed by atoms with Gasteiger partial charge >= 0.3 is 5.97 Å². The lowest BCUT2D eigenvalue weighted by Crippen LogP contribution is -2.35. The number of nitrogens with two attached hydrogens (primary N) is 1. The minimum atomic E-state index is -0.647. The molecule has 1 unspecified atom stereocenters. The van der Waals surface area contributed by atoms with Crippen molar-refractivity contribution in [2.24, 2.45) is 5.92 Å². The fraction of sp³-hybridized carbons (Fsp3) is 0.375. The van der Waals surface area contributed by atoms with Crippen molar-refractivity contribution in [1.82, 2.24) is 4.90 Å². The van der Waals surface area contributed by atoms with Crippen LogP contribution in [-0.2, 0) is 4.79 Å². The SMILES string of the molecule is CN1CCCC(C(=O)O)C1.N=CC=N.Nc1cc(F)ccc1C=O. The number of hydrogen-bond donors (Lipinski definition) is 4. The third kappa shape index (κ3) is 8.74. The summed E-state index contributed by atoms with van der Waals surface area (Å²) in [4.78, 5) is 22.7. The fourth-order valence-electron chi connectivity index (χ4n) is 2.02. The summed E-state index contributed by atoms with van der Waals surface area (Å²) >= 11 is 0. The lowest BCUT2D eigenvalue weighted by atomic mass is 9.99. The number of nitrogen functional groups attached to an aromatic ring is 1. The van der Waals surface area contributed by atoms with Gasteiger partial charge in [-0.15, -0.1) is 0 Å². The molecule has 0 radical (unpaired) electrons. The number of nitrogens with one attached hydrogen (secondary N) is 2. The van der Waals surface area contributed by atoms with Gasteiger partial charge in [0.15, 0.2) is 6.29 Å². The number of anilines is 1. The molecule has 1 fully saturated rings. The molecule has 0 saturated carbocycles. The van der Waals surface area contributed by atoms with Gasteiger partial charge in [-0.2, -0.15) is 0 Å². The molecule has 1 aliphatic heterocycles. The Morgan fingerprint density at radius 3 is 2.42 bits per heavy atom. The Hall–Kier alpha value is -2.61. The van der Waals surface area contributed by atoms with E-state index in [1.165, 1.54) is 12.1 Å². The minimum absolute atomic E-state index is 0.126. The molecule has 0 amide bonds. The molecule has 5 N–H and O–H groups in total. The van der Waals surface area contributed by atoms with Crippen LogP contribution in [0.1, 0.15) is 23.2 Å². The molecule has 0 bridgehead atoms. The first kappa shape index (κ1) is 21.4. The van der Waals surface area contributed by atoms with Gasteiger partial charge in [-0.1, -0.05) is 0 Å². The summed E-state index contributed by atoms with van der Waals surface area (Å²) in [5.74, 6) is -1.20. The van der Waals surface area contributed by atoms with E-state index in [0.29, 0.717) is 11.8 Å². The number of piperidine rings is 1. The molecular formula is C16H23FN4O3. The third-order valence-electron chi connectivity index (χ3n) is 3.23. The zero-order valence-electron chi connectivity index (χ0n) is 13.5. The molecule has 0 spiro atoms. The van der Waals surface area contributed by atoms with Gasteiger partial charge in [-0.05, 0) is 44.6 Å². The van der Waals surface area contributed by atoms with Crippen molar-refractivity contribution in [2.45, 2.75) is 12.8 Å². The molecule has 1 heterocycles. The van der Waals surface area contributed by atoms with Crippen LogP contribution in [0, 0.1) is 22.6 Å². The first-order chi connectivity index (χ1) is 11.3. The van der Waals surface area contributed by atoms with E-state index in [-0.39, 0.29) is 11.6 Å². The van der Waals surface area contributed by atoms with Crippen molar-refractivity contribution in [1.29, 1.82) is 10.8 Å². The highest BCUT2D eigenvalue weighted by molar-refractivity contribution is 6.12. The molecule has 1 saturated heterocycles. The number of carboxylic acid groups (broad SMARTS) is 1. The van der Waals surface area contributed by atoms with Crippen LogP contribution in [0.4, 0.5) is 10.1 Å². The van der Waals surface area contributed by atoms with Gasteiger partial charge in [0.25, 0.3) is 0 Å². The van der Waals surface area contributed by atoms with Crippen molar-refractivity contribution < 1.29 is 19.1 Å². The molecular weight excluding hydrogens is 315 g/mol. The molecule has 132 valence electrons. The highest BCUT2D eigenvalue weighted by Crippen LogP contribution is 2.14. The number of carbonyl (C=O) groups is 2. The van der Waals surface area contributed by atoms with Crippen LogP contribution in [0.2, 0.25) is 0 Å². The van der Waals surface area contributed by atoms with Gasteiger partial charge in [0.05, 0.1) is 5.92 Å². The van der Waals surface area contributed by atoms with Gasteiger partial charge in [-0.25, -0.2) is 4.39 Å². The Balaban J connectivity index is 0.000000363. The van der Waals surface area contributed by atoms with Crippen LogP contribution in [0.25, 0.3) is 0 Å². The molecule has 7 nitrogen and oxygen atoms in total. The normalized spacial score (nSPS) is 16.5. The first-order valence-corrected chi connectivity index (χ1v) is 7.26. The lowest BCUT2D eigenvalue weighted by molar-refractivity contribution is -0.143. The average Bonchev–Trinajstić information content (AvgIpc) is 2.56. The summed E-state index contributed by atoms with van der Waals surface area (Å²) in [6, 6.07) is 3.65. The maximum absolute atomic E-state index is 12.3. The van der Waals surface area contributed by atoms with Crippen molar-refractivity contribution in [2.75, 3.05) is 25.9 Å². The highest BCUT2D eigenvalue weighted by Gasteiger charge is 2.22. The van der Waals surface area contributed by atoms with Gasteiger partial charge in [-0.3, -0.25) is 9.59 Å². The molecule has 1 aromatic rings. The number of benzene rings is 1. The number of carbonyl (C=O) groups excluding carboxylic acids is 1. The van der Waals surface area contributed by atoms with Crippen LogP contribution in [0.5, 0.6) is 0 Å². The zero-order chi connectivity index (χ0) is 18.5. The predicted octanol–water partition coefficient (Wildman–Crippen LogP) is 1.92. The van der Waals surface area contributed by atoms with E-state index in [1.807, 2.05) is 7.05 Å². The maximum Gasteiger partial charge on any atom is 0.307 e. The molecule has 1 aromatic carbocycles. The number of halogens is 1. The minimum Gasteiger partial charge on any atom is -0.481 e. The molecule has 8 heteroatoms. The number of aldehydes is 1. The number of aliphatic carboxylic acids is 1. The van der Waals surface area contributed by atoms with Crippen LogP contribution in [0.3, 0.4) is 0 Å². The Kier molecular flexibility index (Phi) is 10.6. The monoisotopic (exact) mass is 338 g/mol. The second kappa shape index (κ2) is 11.9. The van der Waals surface area contributed by atoms with Crippen molar-refractivity contribution in [3.63, 3.8) is 0 Å². The van der Waals surface area contributed by atoms with Gasteiger partial charge in [0.1, 0.15) is 5.82 Å². The first-order valence-electron chi connectivity index (χ1n) is 7.26. The van der Waals surface area contributed by atoms with E-state index in [4.69, 9.17) is 21.7 Å². The molecule has 2 rings (SSSR count). The van der Waals surface area contributed by atoms with Crippen molar-refractivity contribution in [3.8, 4) is 0 Å². The molecule has 0 aromatic heterocycles. The predicted molar refractivity (Wildman–Crippen MR) is 91.6 cm³/mol. The van der Waals surface area contributed by atoms with Crippen LogP contribution >= 0.6 is 0 Å². The largest absolute Gasteiger partial charge is 0.481 e. The van der Waals surface area contributed by atoms with Crippen LogP contribution in [0.15, 0.2) is 18.2 Å². The Labute approximate surface area is 140 Å². The van der Waals surface area contributed by atoms with E-state index in [1.54, 1.807) is 0 Å². The summed E-state index contributed by atoms with van der Waals surface area (Å²) in [7, 11) is 1.97. The van der Waals surface area contributed by atoms with E-state index >= 15 is 0 Å². The Morgan fingerprint density at radius 2 is 2.04 bits per heavy atom. The Bertz CT molecular complexity index is 560. The van der Waals surface area contributed by atoms with Gasteiger partial charge in [0.2, 0.25) is 0 Å². The standard InChI is InChI=1S/C7H6FNO.C7H13NO2.C2H4N2/c8-6-2-1-5(4-10)7(9)3-6;1-8-4-2-3-6(5-8)7(9)10;3-1-2-4/h1-4H,9H2;6H,2-5H2,1H3,(H,9,10);1-4H. The average molecular weight is 338 g/mol. The van der Waals surface area contributed by atoms with E-state index in [2.05, 4.69) is 4.90 Å². The second-order valence-corrected chi connectivity index (χ2v) is 5.16. The maximum atomic E-state index is 12.3. The summed E-state index contributed by atoms with van der Waals surface area (Å²) in [5, 5.41) is 20.8. The van der Waals surface area contributed by atoms with Crippen molar-refractivity contribution >= 4 is 30.4 Å². The fourth-order valence-corrected chi connectivity index (χ4v) is 2.02. The van der Waals surface area contributed by atoms with Gasteiger partial charge in [0, 0.05) is 30.2 Å². The number of nitrogens with zero attached hydrogens (tertiary/aromatic N) is 1. The highest BCUT2D eigenvalue weighted by atomic mass is 19.1. The van der Waals surface area contributed by atoms with E-state index in [0.717, 1.165) is 44.4 Å². The smallest absolute Gasteiger partial charge is 0.307 e. The quantitative estimate of drug-likeness (QED) is 0.380. The number of hydrogen-bond acceptors (Lipinski definition) is 6. The summed E-state index contributed by atoms with van der Waals surface area (Å²) in [6.45, 7) is 1.76. The van der Waals surface area contributed by atoms with Crippen LogP contribution in [-0.4, -0.2) is 54.8 Å². The number of likely N-dealkylation sites (tertiary alicyclic amines) is 1. The zero-order valence-corrected chi connectivity index (χ0v) is 13.5. The van der Waals surface area contributed by atoms with E-state index < -0.39 is 11.8 Å². The van der Waals surface area contributed by atoms with Gasteiger partial charge < -0.3 is 26.6 Å². The van der Waals surface area contributed by atoms with Crippen molar-refractivity contribution in [3.05, 3.63) is 29.6 Å². The summed E-state index contributed by atoms with van der Waals surface area (Å²) in [6.07, 6.45) is 4.29. The summed E-state index contributed by atoms with van der Waals surface area (Å²) in [5.41, 5.74) is 5.76. The summed E-state index contributed by atoms with van der Waals surface area (Å²) < 4.78 is 12.3. The topological polar surface area (TPSA) is 131 Å². The van der Waals surface area contributed by atoms with Crippen LogP contribution < -0.4 is 5.73 Å². The second-order valence-electron chi connectivity index (χ2n) is 5.16.